The Morgan fingerprint density at radius 3 is 2.88 bits per heavy atom. The lowest BCUT2D eigenvalue weighted by atomic mass is 9.81. The normalized spacial score (nSPS) is 16.5. The molecule has 1 aliphatic carbocycles. The number of hydrogen-bond acceptors (Lipinski definition) is 2. The molecule has 126 valence electrons. The van der Waals surface area contributed by atoms with Crippen LogP contribution in [-0.2, 0) is 17.8 Å². The van der Waals surface area contributed by atoms with Crippen molar-refractivity contribution in [1.82, 2.24) is 0 Å². The molecule has 0 aliphatic heterocycles. The van der Waals surface area contributed by atoms with Gasteiger partial charge in [0.2, 0.25) is 0 Å². The molecule has 0 bridgehead atoms. The number of rotatable bonds is 5. The molecule has 2 aromatic carbocycles. The number of benzene rings is 2. The van der Waals surface area contributed by atoms with Gasteiger partial charge in [-0.3, -0.25) is 4.79 Å². The zero-order valence-electron chi connectivity index (χ0n) is 14.3. The van der Waals surface area contributed by atoms with E-state index in [1.807, 2.05) is 6.07 Å². The predicted molar refractivity (Wildman–Crippen MR) is 94.6 cm³/mol. The Bertz CT molecular complexity index is 749. The first-order valence-electron chi connectivity index (χ1n) is 8.57. The van der Waals surface area contributed by atoms with Crippen molar-refractivity contribution >= 4 is 5.97 Å². The van der Waals surface area contributed by atoms with Crippen LogP contribution in [0.1, 0.15) is 53.0 Å². The molecule has 3 nitrogen and oxygen atoms in total. The molecule has 1 unspecified atom stereocenters. The van der Waals surface area contributed by atoms with Crippen molar-refractivity contribution in [2.75, 3.05) is 0 Å². The van der Waals surface area contributed by atoms with Gasteiger partial charge in [-0.15, -0.1) is 0 Å². The Kier molecular flexibility index (Phi) is 4.89. The van der Waals surface area contributed by atoms with Crippen molar-refractivity contribution in [3.63, 3.8) is 0 Å². The van der Waals surface area contributed by atoms with E-state index < -0.39 is 5.97 Å². The van der Waals surface area contributed by atoms with E-state index in [1.54, 1.807) is 0 Å². The molecule has 0 radical (unpaired) electrons. The van der Waals surface area contributed by atoms with E-state index in [1.165, 1.54) is 27.8 Å². The molecule has 1 aliphatic rings. The lowest BCUT2D eigenvalue weighted by molar-refractivity contribution is -0.137. The summed E-state index contributed by atoms with van der Waals surface area (Å²) in [6.45, 7) is 4.79. The van der Waals surface area contributed by atoms with Crippen LogP contribution in [0.3, 0.4) is 0 Å². The fourth-order valence-electron chi connectivity index (χ4n) is 3.53. The zero-order valence-corrected chi connectivity index (χ0v) is 14.3. The zero-order chi connectivity index (χ0) is 17.1. The van der Waals surface area contributed by atoms with Crippen molar-refractivity contribution in [1.29, 1.82) is 0 Å². The number of fused-ring (bicyclic) bond motifs is 1. The van der Waals surface area contributed by atoms with E-state index in [-0.39, 0.29) is 12.3 Å². The Morgan fingerprint density at radius 1 is 1.25 bits per heavy atom. The molecule has 0 heterocycles. The quantitative estimate of drug-likeness (QED) is 0.861. The summed E-state index contributed by atoms with van der Waals surface area (Å²) in [4.78, 5) is 11.0. The second-order valence-corrected chi connectivity index (χ2v) is 6.70. The molecule has 0 saturated heterocycles. The third-order valence-corrected chi connectivity index (χ3v) is 5.09. The Morgan fingerprint density at radius 2 is 2.08 bits per heavy atom. The summed E-state index contributed by atoms with van der Waals surface area (Å²) in [5, 5.41) is 9.08. The first-order chi connectivity index (χ1) is 11.5. The van der Waals surface area contributed by atoms with Gasteiger partial charge in [0.15, 0.2) is 0 Å². The van der Waals surface area contributed by atoms with Gasteiger partial charge in [0, 0.05) is 0 Å². The highest BCUT2D eigenvalue weighted by Gasteiger charge is 2.22. The summed E-state index contributed by atoms with van der Waals surface area (Å²) in [6.07, 6.45) is 3.23. The van der Waals surface area contributed by atoms with Crippen LogP contribution >= 0.6 is 0 Å². The Balaban J connectivity index is 1.74. The van der Waals surface area contributed by atoms with Crippen molar-refractivity contribution in [2.24, 2.45) is 0 Å². The SMILES string of the molecule is Cc1cccc(COc2ccc3c(c2)CCCC3CC(=O)O)c1C. The Labute approximate surface area is 143 Å². The number of hydrogen-bond donors (Lipinski definition) is 1. The number of aryl methyl sites for hydroxylation is 2. The summed E-state index contributed by atoms with van der Waals surface area (Å²) in [5.41, 5.74) is 6.18. The number of carbonyl (C=O) groups is 1. The second-order valence-electron chi connectivity index (χ2n) is 6.70. The van der Waals surface area contributed by atoms with E-state index in [0.29, 0.717) is 6.61 Å². The largest absolute Gasteiger partial charge is 0.489 e. The van der Waals surface area contributed by atoms with Crippen molar-refractivity contribution < 1.29 is 14.6 Å². The average Bonchev–Trinajstić information content (AvgIpc) is 2.56. The number of carboxylic acid groups (broad SMARTS) is 1. The fraction of sp³-hybridized carbons (Fsp3) is 0.381. The minimum atomic E-state index is -0.719. The molecule has 1 atom stereocenters. The third kappa shape index (κ3) is 3.61. The van der Waals surface area contributed by atoms with Crippen LogP contribution in [0, 0.1) is 13.8 Å². The number of carboxylic acids is 1. The van der Waals surface area contributed by atoms with Crippen molar-refractivity contribution in [3.8, 4) is 5.75 Å². The van der Waals surface area contributed by atoms with E-state index in [0.717, 1.165) is 25.0 Å². The summed E-state index contributed by atoms with van der Waals surface area (Å²) in [6, 6.07) is 12.4. The molecular weight excluding hydrogens is 300 g/mol. The van der Waals surface area contributed by atoms with Crippen LogP contribution in [0.5, 0.6) is 5.75 Å². The smallest absolute Gasteiger partial charge is 0.303 e. The van der Waals surface area contributed by atoms with Gasteiger partial charge in [0.05, 0.1) is 6.42 Å². The molecule has 0 aromatic heterocycles. The van der Waals surface area contributed by atoms with Gasteiger partial charge in [-0.25, -0.2) is 0 Å². The van der Waals surface area contributed by atoms with Crippen LogP contribution in [0.2, 0.25) is 0 Å². The summed E-state index contributed by atoms with van der Waals surface area (Å²) in [5.74, 6) is 0.285. The maximum absolute atomic E-state index is 11.0. The van der Waals surface area contributed by atoms with Crippen molar-refractivity contribution in [2.45, 2.75) is 52.1 Å². The minimum absolute atomic E-state index is 0.138. The second kappa shape index (κ2) is 7.08. The molecule has 3 heteroatoms. The summed E-state index contributed by atoms with van der Waals surface area (Å²) in [7, 11) is 0. The summed E-state index contributed by atoms with van der Waals surface area (Å²) < 4.78 is 5.99. The average molecular weight is 324 g/mol. The number of aliphatic carboxylic acids is 1. The van der Waals surface area contributed by atoms with Gasteiger partial charge in [0.25, 0.3) is 0 Å². The molecule has 24 heavy (non-hydrogen) atoms. The summed E-state index contributed by atoms with van der Waals surface area (Å²) >= 11 is 0. The molecule has 0 fully saturated rings. The van der Waals surface area contributed by atoms with E-state index in [9.17, 15) is 4.79 Å². The topological polar surface area (TPSA) is 46.5 Å². The van der Waals surface area contributed by atoms with Crippen LogP contribution in [0.15, 0.2) is 36.4 Å². The monoisotopic (exact) mass is 324 g/mol. The molecule has 1 N–H and O–H groups in total. The molecule has 0 saturated carbocycles. The Hall–Kier alpha value is -2.29. The van der Waals surface area contributed by atoms with E-state index in [2.05, 4.69) is 44.2 Å². The molecule has 2 aromatic rings. The van der Waals surface area contributed by atoms with Gasteiger partial charge >= 0.3 is 5.97 Å². The first kappa shape index (κ1) is 16.6. The third-order valence-electron chi connectivity index (χ3n) is 5.09. The van der Waals surface area contributed by atoms with Gasteiger partial charge in [0.1, 0.15) is 12.4 Å². The maximum atomic E-state index is 11.0. The predicted octanol–water partition coefficient (Wildman–Crippen LogP) is 4.78. The molecular formula is C21H24O3. The molecule has 0 spiro atoms. The fourth-order valence-corrected chi connectivity index (χ4v) is 3.53. The highest BCUT2D eigenvalue weighted by atomic mass is 16.5. The molecule has 0 amide bonds. The highest BCUT2D eigenvalue weighted by Crippen LogP contribution is 2.36. The van der Waals surface area contributed by atoms with Crippen LogP contribution in [0.4, 0.5) is 0 Å². The standard InChI is InChI=1S/C21H24O3/c1-14-5-3-8-18(15(14)2)13-24-19-9-10-20-16(11-19)6-4-7-17(20)12-21(22)23/h3,5,8-11,17H,4,6-7,12-13H2,1-2H3,(H,22,23). The van der Waals surface area contributed by atoms with Gasteiger partial charge < -0.3 is 9.84 Å². The maximum Gasteiger partial charge on any atom is 0.303 e. The highest BCUT2D eigenvalue weighted by molar-refractivity contribution is 5.68. The minimum Gasteiger partial charge on any atom is -0.489 e. The molecule has 3 rings (SSSR count). The van der Waals surface area contributed by atoms with Crippen LogP contribution in [0.25, 0.3) is 0 Å². The number of ether oxygens (including phenoxy) is 1. The van der Waals surface area contributed by atoms with Crippen molar-refractivity contribution in [3.05, 3.63) is 64.2 Å². The van der Waals surface area contributed by atoms with Gasteiger partial charge in [-0.1, -0.05) is 24.3 Å². The van der Waals surface area contributed by atoms with Gasteiger partial charge in [-0.2, -0.15) is 0 Å². The lowest BCUT2D eigenvalue weighted by Crippen LogP contribution is -2.13. The van der Waals surface area contributed by atoms with Crippen LogP contribution in [-0.4, -0.2) is 11.1 Å². The van der Waals surface area contributed by atoms with E-state index in [4.69, 9.17) is 9.84 Å². The lowest BCUT2D eigenvalue weighted by Gasteiger charge is -2.25. The van der Waals surface area contributed by atoms with E-state index >= 15 is 0 Å². The van der Waals surface area contributed by atoms with Gasteiger partial charge in [-0.05, 0) is 79.0 Å². The first-order valence-corrected chi connectivity index (χ1v) is 8.57. The van der Waals surface area contributed by atoms with Crippen LogP contribution < -0.4 is 4.74 Å².